The van der Waals surface area contributed by atoms with Crippen molar-refractivity contribution in [1.29, 1.82) is 0 Å². The average molecular weight is 701 g/mol. The molecule has 2 fully saturated rings. The van der Waals surface area contributed by atoms with E-state index in [1.807, 2.05) is 84.0 Å². The van der Waals surface area contributed by atoms with Gasteiger partial charge in [-0.05, 0) is 51.7 Å². The zero-order valence-electron chi connectivity index (χ0n) is 27.7. The highest BCUT2D eigenvalue weighted by Gasteiger charge is 2.76. The normalized spacial score (nSPS) is 33.8. The molecule has 5 bridgehead atoms. The molecule has 4 aliphatic rings. The summed E-state index contributed by atoms with van der Waals surface area (Å²) >= 11 is 3.60. The maximum Gasteiger partial charge on any atom is 0.313 e. The maximum absolute atomic E-state index is 14.8. The Morgan fingerprint density at radius 3 is 2.33 bits per heavy atom. The highest BCUT2D eigenvalue weighted by molar-refractivity contribution is 9.11. The van der Waals surface area contributed by atoms with Crippen molar-refractivity contribution in [1.82, 2.24) is 14.7 Å². The Hall–Kier alpha value is -3.02. The van der Waals surface area contributed by atoms with Gasteiger partial charge >= 0.3 is 5.97 Å². The van der Waals surface area contributed by atoms with Crippen molar-refractivity contribution in [3.63, 3.8) is 0 Å². The number of halogens is 1. The summed E-state index contributed by atoms with van der Waals surface area (Å²) < 4.78 is 13.5. The van der Waals surface area contributed by atoms with E-state index in [4.69, 9.17) is 9.47 Å². The molecule has 1 aromatic rings. The Kier molecular flexibility index (Phi) is 9.61. The maximum atomic E-state index is 14.8. The molecule has 0 aliphatic carbocycles. The molecule has 3 amide bonds. The molecule has 11 heteroatoms. The molecule has 10 nitrogen and oxygen atoms in total. The SMILES string of the molecule is CC(C)[C@H](CO)N1C(=O)[C@@H]2[C@H]3C(=O)O[C@@H](c4ccccc4)[C@H](C)N(C)C(=O)CC/C=C\CN(C(C)(C)C)C(=O)[C@@H]1[C@]21C=C(Br)[C@H]3O1. The van der Waals surface area contributed by atoms with Crippen LogP contribution in [-0.4, -0.2) is 99.1 Å². The van der Waals surface area contributed by atoms with Crippen LogP contribution in [-0.2, 0) is 28.7 Å². The molecule has 0 radical (unpaired) electrons. The zero-order valence-corrected chi connectivity index (χ0v) is 29.3. The number of amides is 3. The number of fused-ring (bicyclic) bond motifs is 2. The van der Waals surface area contributed by atoms with Gasteiger partial charge in [0.1, 0.15) is 29.8 Å². The molecule has 8 atom stereocenters. The van der Waals surface area contributed by atoms with Gasteiger partial charge in [-0.25, -0.2) is 0 Å². The van der Waals surface area contributed by atoms with Gasteiger partial charge in [-0.15, -0.1) is 0 Å². The van der Waals surface area contributed by atoms with E-state index in [-0.39, 0.29) is 37.3 Å². The van der Waals surface area contributed by atoms with Crippen LogP contribution in [0.4, 0.5) is 0 Å². The summed E-state index contributed by atoms with van der Waals surface area (Å²) in [6.07, 6.45) is 4.58. The molecule has 0 aromatic heterocycles. The number of benzene rings is 1. The first-order valence-corrected chi connectivity index (χ1v) is 16.9. The van der Waals surface area contributed by atoms with Crippen LogP contribution in [0.2, 0.25) is 0 Å². The number of ether oxygens (including phenoxy) is 2. The molecular formula is C35H46BrN3O7. The quantitative estimate of drug-likeness (QED) is 0.373. The fourth-order valence-corrected chi connectivity index (χ4v) is 8.16. The van der Waals surface area contributed by atoms with Crippen LogP contribution in [0, 0.1) is 17.8 Å². The number of carbonyl (C=O) groups excluding carboxylic acids is 4. The van der Waals surface area contributed by atoms with Gasteiger partial charge in [0.05, 0.1) is 24.6 Å². The average Bonchev–Trinajstić information content (AvgIpc) is 3.59. The number of hydrogen-bond acceptors (Lipinski definition) is 7. The largest absolute Gasteiger partial charge is 0.455 e. The number of aliphatic hydroxyl groups excluding tert-OH is 1. The van der Waals surface area contributed by atoms with Crippen molar-refractivity contribution in [3.05, 3.63) is 58.6 Å². The van der Waals surface area contributed by atoms with Crippen LogP contribution in [0.1, 0.15) is 66.1 Å². The molecule has 1 N–H and O–H groups in total. The van der Waals surface area contributed by atoms with E-state index in [9.17, 15) is 24.3 Å². The number of likely N-dealkylation sites (N-methyl/N-ethyl adjacent to an activating group) is 1. The molecule has 2 saturated heterocycles. The van der Waals surface area contributed by atoms with Crippen molar-refractivity contribution in [3.8, 4) is 0 Å². The summed E-state index contributed by atoms with van der Waals surface area (Å²) in [6, 6.07) is 6.91. The minimum atomic E-state index is -1.45. The number of allylic oxidation sites excluding steroid dienone is 1. The third-order valence-electron chi connectivity index (χ3n) is 10.1. The highest BCUT2D eigenvalue weighted by Crippen LogP contribution is 2.59. The molecule has 4 aliphatic heterocycles. The second-order valence-electron chi connectivity index (χ2n) is 14.2. The highest BCUT2D eigenvalue weighted by atomic mass is 79.9. The van der Waals surface area contributed by atoms with Gasteiger partial charge < -0.3 is 29.3 Å². The van der Waals surface area contributed by atoms with Crippen LogP contribution in [0.5, 0.6) is 0 Å². The Morgan fingerprint density at radius 1 is 1.04 bits per heavy atom. The van der Waals surface area contributed by atoms with Crippen LogP contribution in [0.25, 0.3) is 0 Å². The third-order valence-corrected chi connectivity index (χ3v) is 10.7. The summed E-state index contributed by atoms with van der Waals surface area (Å²) in [4.78, 5) is 62.0. The summed E-state index contributed by atoms with van der Waals surface area (Å²) in [5.41, 5.74) is -1.39. The topological polar surface area (TPSA) is 117 Å². The molecule has 1 aromatic carbocycles. The van der Waals surface area contributed by atoms with Gasteiger partial charge in [0, 0.05) is 30.0 Å². The van der Waals surface area contributed by atoms with E-state index in [0.717, 1.165) is 0 Å². The Bertz CT molecular complexity index is 1420. The van der Waals surface area contributed by atoms with Crippen molar-refractivity contribution < 1.29 is 33.8 Å². The fraction of sp³-hybridized carbons (Fsp3) is 0.600. The van der Waals surface area contributed by atoms with Gasteiger partial charge in [-0.3, -0.25) is 19.2 Å². The first-order valence-electron chi connectivity index (χ1n) is 16.1. The zero-order chi connectivity index (χ0) is 33.7. The van der Waals surface area contributed by atoms with E-state index in [0.29, 0.717) is 16.5 Å². The summed E-state index contributed by atoms with van der Waals surface area (Å²) in [6.45, 7) is 11.3. The lowest BCUT2D eigenvalue weighted by Gasteiger charge is -2.43. The summed E-state index contributed by atoms with van der Waals surface area (Å²) in [7, 11) is 1.70. The molecule has 4 heterocycles. The van der Waals surface area contributed by atoms with Crippen molar-refractivity contribution >= 4 is 39.6 Å². The minimum Gasteiger partial charge on any atom is -0.455 e. The lowest BCUT2D eigenvalue weighted by Crippen LogP contribution is -2.62. The number of hydrogen-bond donors (Lipinski definition) is 1. The molecule has 0 unspecified atom stereocenters. The number of esters is 1. The molecule has 250 valence electrons. The number of aliphatic hydroxyl groups is 1. The van der Waals surface area contributed by atoms with Gasteiger partial charge in [-0.2, -0.15) is 0 Å². The van der Waals surface area contributed by atoms with E-state index < -0.39 is 65.2 Å². The van der Waals surface area contributed by atoms with Gasteiger partial charge in [0.25, 0.3) is 0 Å². The standard InChI is InChI=1S/C35H46BrN3O7/c1-20(2)24(19-40)39-30-32(43)38(34(4,5)6)17-13-9-12-16-25(41)37(7)21(3)28(22-14-10-8-11-15-22)45-33(44)26-27(31(39)42)35(30)18-23(36)29(26)46-35/h8-11,13-15,18,20-21,24,26-30,40H,12,16-17,19H2,1-7H3/b13-9-/t21-,24-,26+,27-,28+,29+,30+,35-/m0/s1. The third kappa shape index (κ3) is 5.72. The summed E-state index contributed by atoms with van der Waals surface area (Å²) in [5.74, 6) is -3.81. The second kappa shape index (κ2) is 12.9. The number of rotatable bonds is 4. The monoisotopic (exact) mass is 699 g/mol. The smallest absolute Gasteiger partial charge is 0.313 e. The second-order valence-corrected chi connectivity index (χ2v) is 15.1. The number of nitrogens with zero attached hydrogens (tertiary/aromatic N) is 3. The number of cyclic esters (lactones) is 1. The van der Waals surface area contributed by atoms with Crippen LogP contribution >= 0.6 is 15.9 Å². The van der Waals surface area contributed by atoms with E-state index in [2.05, 4.69) is 15.9 Å². The van der Waals surface area contributed by atoms with Gasteiger partial charge in [0.15, 0.2) is 0 Å². The molecule has 0 saturated carbocycles. The molecule has 5 rings (SSSR count). The fourth-order valence-electron chi connectivity index (χ4n) is 7.43. The Labute approximate surface area is 279 Å². The number of carbonyl (C=O) groups is 4. The Balaban J connectivity index is 1.68. The summed E-state index contributed by atoms with van der Waals surface area (Å²) in [5, 5.41) is 10.6. The predicted octanol–water partition coefficient (Wildman–Crippen LogP) is 3.99. The van der Waals surface area contributed by atoms with Crippen LogP contribution < -0.4 is 0 Å². The molecular weight excluding hydrogens is 654 g/mol. The van der Waals surface area contributed by atoms with E-state index in [1.54, 1.807) is 22.9 Å². The Morgan fingerprint density at radius 2 is 1.72 bits per heavy atom. The van der Waals surface area contributed by atoms with E-state index in [1.165, 1.54) is 4.90 Å². The van der Waals surface area contributed by atoms with Crippen LogP contribution in [0.3, 0.4) is 0 Å². The van der Waals surface area contributed by atoms with Crippen molar-refractivity contribution in [2.75, 3.05) is 20.2 Å². The first-order chi connectivity index (χ1) is 21.7. The lowest BCUT2D eigenvalue weighted by atomic mass is 9.74. The van der Waals surface area contributed by atoms with Crippen LogP contribution in [0.15, 0.2) is 53.0 Å². The predicted molar refractivity (Wildman–Crippen MR) is 175 cm³/mol. The molecule has 46 heavy (non-hydrogen) atoms. The van der Waals surface area contributed by atoms with Crippen molar-refractivity contribution in [2.24, 2.45) is 17.8 Å². The van der Waals surface area contributed by atoms with Crippen molar-refractivity contribution in [2.45, 2.75) is 95.9 Å². The lowest BCUT2D eigenvalue weighted by molar-refractivity contribution is -0.165. The minimum absolute atomic E-state index is 0.108. The molecule has 1 spiro atoms. The van der Waals surface area contributed by atoms with Gasteiger partial charge in [0.2, 0.25) is 17.7 Å². The van der Waals surface area contributed by atoms with Gasteiger partial charge in [-0.1, -0.05) is 72.3 Å². The first kappa shape index (κ1) is 34.3. The number of likely N-dealkylation sites (tertiary alicyclic amines) is 1. The van der Waals surface area contributed by atoms with E-state index >= 15 is 0 Å².